The Morgan fingerprint density at radius 1 is 1.15 bits per heavy atom. The number of nitrogens with zero attached hydrogens (tertiary/aromatic N) is 1. The highest BCUT2D eigenvalue weighted by Crippen LogP contribution is 2.53. The van der Waals surface area contributed by atoms with Gasteiger partial charge in [-0.3, -0.25) is 14.5 Å². The highest BCUT2D eigenvalue weighted by molar-refractivity contribution is 6.35. The summed E-state index contributed by atoms with van der Waals surface area (Å²) in [6.45, 7) is 8.16. The number of rotatable bonds is 4. The molecule has 5 nitrogen and oxygen atoms in total. The van der Waals surface area contributed by atoms with Crippen LogP contribution in [0.5, 0.6) is 0 Å². The molecular weight excluding hydrogens is 385 g/mol. The number of hydrogen-bond acceptors (Lipinski definition) is 3. The smallest absolute Gasteiger partial charge is 0.251 e. The lowest BCUT2D eigenvalue weighted by molar-refractivity contribution is -0.124. The fraction of sp³-hybridized carbons (Fsp3) is 0.600. The zero-order valence-corrected chi connectivity index (χ0v) is 17.6. The van der Waals surface area contributed by atoms with Crippen molar-refractivity contribution in [1.29, 1.82) is 0 Å². The molecule has 1 aromatic carbocycles. The van der Waals surface area contributed by atoms with Gasteiger partial charge >= 0.3 is 0 Å². The summed E-state index contributed by atoms with van der Waals surface area (Å²) in [5.41, 5.74) is 0.462. The second kappa shape index (κ2) is 7.61. The molecule has 0 radical (unpaired) electrons. The Labute approximate surface area is 170 Å². The number of benzene rings is 1. The van der Waals surface area contributed by atoms with Crippen molar-refractivity contribution < 1.29 is 9.59 Å². The van der Waals surface area contributed by atoms with Crippen molar-refractivity contribution in [3.8, 4) is 0 Å². The van der Waals surface area contributed by atoms with E-state index in [2.05, 4.69) is 15.5 Å². The molecule has 2 amide bonds. The van der Waals surface area contributed by atoms with E-state index in [-0.39, 0.29) is 28.8 Å². The zero-order valence-electron chi connectivity index (χ0n) is 16.1. The molecule has 0 aromatic heterocycles. The van der Waals surface area contributed by atoms with E-state index in [9.17, 15) is 9.59 Å². The molecule has 0 bridgehead atoms. The molecule has 2 fully saturated rings. The van der Waals surface area contributed by atoms with Gasteiger partial charge in [-0.05, 0) is 76.7 Å². The first-order valence-electron chi connectivity index (χ1n) is 9.37. The number of piperidine rings is 1. The van der Waals surface area contributed by atoms with E-state index < -0.39 is 0 Å². The summed E-state index contributed by atoms with van der Waals surface area (Å²) in [4.78, 5) is 26.8. The lowest BCUT2D eigenvalue weighted by atomic mass is 9.92. The van der Waals surface area contributed by atoms with Gasteiger partial charge in [0.15, 0.2) is 0 Å². The van der Waals surface area contributed by atoms with Crippen LogP contribution in [0.3, 0.4) is 0 Å². The molecule has 1 saturated heterocycles. The molecule has 1 aromatic rings. The van der Waals surface area contributed by atoms with Crippen molar-refractivity contribution >= 4 is 35.0 Å². The fourth-order valence-corrected chi connectivity index (χ4v) is 4.37. The van der Waals surface area contributed by atoms with Crippen LogP contribution >= 0.6 is 23.2 Å². The fourth-order valence-electron chi connectivity index (χ4n) is 3.85. The summed E-state index contributed by atoms with van der Waals surface area (Å²) < 4.78 is 0. The van der Waals surface area contributed by atoms with Gasteiger partial charge in [0.05, 0.1) is 6.54 Å². The topological polar surface area (TPSA) is 61.4 Å². The molecule has 3 rings (SSSR count). The maximum absolute atomic E-state index is 12.5. The first-order valence-corrected chi connectivity index (χ1v) is 10.1. The van der Waals surface area contributed by atoms with Crippen LogP contribution in [-0.2, 0) is 4.79 Å². The standard InChI is InChI=1S/C20H27Cl2N3O2/c1-19(2,3)24-17(26)12-25-6-4-20(5-7-25)11-16(20)23-18(27)13-8-14(21)10-15(22)9-13/h8-10,16H,4-7,11-12H2,1-3H3,(H,23,27)(H,24,26)/t16-/m0/s1. The SMILES string of the molecule is CC(C)(C)NC(=O)CN1CCC2(CC1)C[C@@H]2NC(=O)c1cc(Cl)cc(Cl)c1. The van der Waals surface area contributed by atoms with Crippen molar-refractivity contribution in [2.75, 3.05) is 19.6 Å². The molecule has 7 heteroatoms. The minimum atomic E-state index is -0.205. The van der Waals surface area contributed by atoms with Gasteiger partial charge < -0.3 is 10.6 Å². The number of halogens is 2. The Bertz CT molecular complexity index is 717. The van der Waals surface area contributed by atoms with Crippen LogP contribution < -0.4 is 10.6 Å². The van der Waals surface area contributed by atoms with E-state index in [1.807, 2.05) is 20.8 Å². The highest BCUT2D eigenvalue weighted by atomic mass is 35.5. The molecule has 1 spiro atoms. The second-order valence-corrected chi connectivity index (χ2v) is 9.70. The molecule has 1 atom stereocenters. The van der Waals surface area contributed by atoms with Gasteiger partial charge in [0.2, 0.25) is 5.91 Å². The number of nitrogens with one attached hydrogen (secondary N) is 2. The highest BCUT2D eigenvalue weighted by Gasteiger charge is 2.55. The van der Waals surface area contributed by atoms with E-state index in [0.29, 0.717) is 22.2 Å². The van der Waals surface area contributed by atoms with E-state index in [1.54, 1.807) is 18.2 Å². The van der Waals surface area contributed by atoms with Crippen LogP contribution in [0.4, 0.5) is 0 Å². The molecule has 148 valence electrons. The van der Waals surface area contributed by atoms with Crippen molar-refractivity contribution in [2.45, 2.75) is 51.6 Å². The first kappa shape index (κ1) is 20.4. The number of carbonyl (C=O) groups excluding carboxylic acids is 2. The summed E-state index contributed by atoms with van der Waals surface area (Å²) in [7, 11) is 0. The predicted molar refractivity (Wildman–Crippen MR) is 108 cm³/mol. The van der Waals surface area contributed by atoms with Gasteiger partial charge in [-0.2, -0.15) is 0 Å². The molecular formula is C20H27Cl2N3O2. The minimum Gasteiger partial charge on any atom is -0.350 e. The van der Waals surface area contributed by atoms with Crippen molar-refractivity contribution in [3.05, 3.63) is 33.8 Å². The summed E-state index contributed by atoms with van der Waals surface area (Å²) >= 11 is 12.0. The largest absolute Gasteiger partial charge is 0.350 e. The molecule has 1 saturated carbocycles. The Kier molecular flexibility index (Phi) is 5.76. The summed E-state index contributed by atoms with van der Waals surface area (Å²) in [5, 5.41) is 7.04. The molecule has 2 N–H and O–H groups in total. The van der Waals surface area contributed by atoms with Crippen LogP contribution in [0.2, 0.25) is 10.0 Å². The van der Waals surface area contributed by atoms with Crippen molar-refractivity contribution in [3.63, 3.8) is 0 Å². The number of amides is 2. The minimum absolute atomic E-state index is 0.0666. The van der Waals surface area contributed by atoms with Crippen molar-refractivity contribution in [2.24, 2.45) is 5.41 Å². The third-order valence-electron chi connectivity index (χ3n) is 5.35. The molecule has 1 heterocycles. The van der Waals surface area contributed by atoms with Crippen molar-refractivity contribution in [1.82, 2.24) is 15.5 Å². The number of likely N-dealkylation sites (tertiary alicyclic amines) is 1. The van der Waals surface area contributed by atoms with Crippen LogP contribution in [0.25, 0.3) is 0 Å². The van der Waals surface area contributed by atoms with Gasteiger partial charge in [-0.15, -0.1) is 0 Å². The van der Waals surface area contributed by atoms with E-state index in [1.165, 1.54) is 0 Å². The quantitative estimate of drug-likeness (QED) is 0.796. The third kappa shape index (κ3) is 5.37. The van der Waals surface area contributed by atoms with E-state index in [0.717, 1.165) is 32.4 Å². The Hall–Kier alpha value is -1.30. The van der Waals surface area contributed by atoms with Gasteiger partial charge in [0, 0.05) is 27.2 Å². The van der Waals surface area contributed by atoms with Gasteiger partial charge in [0.25, 0.3) is 5.91 Å². The molecule has 27 heavy (non-hydrogen) atoms. The third-order valence-corrected chi connectivity index (χ3v) is 5.79. The van der Waals surface area contributed by atoms with Gasteiger partial charge in [-0.25, -0.2) is 0 Å². The summed E-state index contributed by atoms with van der Waals surface area (Å²) in [6.07, 6.45) is 2.99. The Morgan fingerprint density at radius 2 is 1.74 bits per heavy atom. The molecule has 1 aliphatic carbocycles. The lowest BCUT2D eigenvalue weighted by Crippen LogP contribution is -2.48. The summed E-state index contributed by atoms with van der Waals surface area (Å²) in [5.74, 6) is -0.0646. The average Bonchev–Trinajstić information content (AvgIpc) is 3.18. The predicted octanol–water partition coefficient (Wildman–Crippen LogP) is 3.49. The van der Waals surface area contributed by atoms with Crippen LogP contribution in [0.1, 0.15) is 50.4 Å². The summed E-state index contributed by atoms with van der Waals surface area (Å²) in [6, 6.07) is 5.07. The Morgan fingerprint density at radius 3 is 2.30 bits per heavy atom. The van der Waals surface area contributed by atoms with Crippen LogP contribution in [0.15, 0.2) is 18.2 Å². The zero-order chi connectivity index (χ0) is 19.8. The maximum Gasteiger partial charge on any atom is 0.251 e. The first-order chi connectivity index (χ1) is 12.6. The molecule has 1 aliphatic heterocycles. The normalized spacial score (nSPS) is 21.7. The van der Waals surface area contributed by atoms with Crippen LogP contribution in [0, 0.1) is 5.41 Å². The maximum atomic E-state index is 12.5. The number of hydrogen-bond donors (Lipinski definition) is 2. The second-order valence-electron chi connectivity index (χ2n) is 8.82. The lowest BCUT2D eigenvalue weighted by Gasteiger charge is -2.33. The Balaban J connectivity index is 1.48. The van der Waals surface area contributed by atoms with Gasteiger partial charge in [-0.1, -0.05) is 23.2 Å². The monoisotopic (exact) mass is 411 g/mol. The number of carbonyl (C=O) groups is 2. The average molecular weight is 412 g/mol. The van der Waals surface area contributed by atoms with Crippen LogP contribution in [-0.4, -0.2) is 47.9 Å². The van der Waals surface area contributed by atoms with E-state index >= 15 is 0 Å². The molecule has 2 aliphatic rings. The van der Waals surface area contributed by atoms with E-state index in [4.69, 9.17) is 23.2 Å². The van der Waals surface area contributed by atoms with Gasteiger partial charge in [0.1, 0.15) is 0 Å². The molecule has 0 unspecified atom stereocenters.